The number of carbonyl (C=O) groups is 1. The number of aliphatic imine (C=N–C) groups is 1. The van der Waals surface area contributed by atoms with E-state index in [2.05, 4.69) is 15.6 Å². The van der Waals surface area contributed by atoms with Gasteiger partial charge in [0.05, 0.1) is 14.2 Å². The summed E-state index contributed by atoms with van der Waals surface area (Å²) in [5.74, 6) is 0.450. The molecule has 162 valence electrons. The molecule has 1 aliphatic carbocycles. The van der Waals surface area contributed by atoms with Crippen molar-refractivity contribution in [3.63, 3.8) is 0 Å². The van der Waals surface area contributed by atoms with Crippen LogP contribution in [0.15, 0.2) is 47.5 Å². The van der Waals surface area contributed by atoms with Gasteiger partial charge in [-0.2, -0.15) is 0 Å². The number of rotatable bonds is 7. The fourth-order valence-corrected chi connectivity index (χ4v) is 3.33. The number of nitrogens with zero attached hydrogens (tertiary/aromatic N) is 1. The number of carbonyl (C=O) groups excluding carboxylic acids is 1. The lowest BCUT2D eigenvalue weighted by Crippen LogP contribution is -2.40. The van der Waals surface area contributed by atoms with Crippen molar-refractivity contribution in [1.82, 2.24) is 10.6 Å². The first-order chi connectivity index (χ1) is 14.0. The molecule has 1 saturated carbocycles. The van der Waals surface area contributed by atoms with Crippen LogP contribution in [0.1, 0.15) is 34.3 Å². The van der Waals surface area contributed by atoms with E-state index >= 15 is 0 Å². The number of nitrogens with one attached hydrogen (secondary N) is 2. The maximum atomic E-state index is 13.6. The summed E-state index contributed by atoms with van der Waals surface area (Å²) in [5, 5.41) is 6.57. The topological polar surface area (TPSA) is 72.0 Å². The Labute approximate surface area is 193 Å². The van der Waals surface area contributed by atoms with E-state index in [-0.39, 0.29) is 35.2 Å². The van der Waals surface area contributed by atoms with Crippen molar-refractivity contribution in [3.8, 4) is 5.75 Å². The number of hydrogen-bond acceptors (Lipinski definition) is 4. The fraction of sp³-hybridized carbons (Fsp3) is 0.364. The smallest absolute Gasteiger partial charge is 0.341 e. The van der Waals surface area contributed by atoms with Gasteiger partial charge >= 0.3 is 5.97 Å². The van der Waals surface area contributed by atoms with Crippen molar-refractivity contribution >= 4 is 35.9 Å². The van der Waals surface area contributed by atoms with E-state index in [4.69, 9.17) is 9.47 Å². The lowest BCUT2D eigenvalue weighted by Gasteiger charge is -2.19. The molecule has 6 nitrogen and oxygen atoms in total. The average Bonchev–Trinajstić information content (AvgIpc) is 3.54. The standard InChI is InChI=1S/C22H26FN3O3.HI/c1-24-21(26-14-22(9-10-22)16-5-4-6-17(23)12-16)25-13-15-7-8-19(28-2)18(11-15)20(27)29-3;/h4-8,11-12H,9-10,13-14H2,1-3H3,(H2,24,25,26);1H. The number of esters is 1. The second kappa shape index (κ2) is 10.6. The number of ether oxygens (including phenoxy) is 2. The normalized spacial score (nSPS) is 14.3. The van der Waals surface area contributed by atoms with Crippen LogP contribution in [0.2, 0.25) is 0 Å². The molecule has 0 saturated heterocycles. The molecule has 0 radical (unpaired) electrons. The van der Waals surface area contributed by atoms with E-state index in [1.807, 2.05) is 12.1 Å². The molecule has 1 aliphatic rings. The van der Waals surface area contributed by atoms with Crippen molar-refractivity contribution in [1.29, 1.82) is 0 Å². The zero-order chi connectivity index (χ0) is 20.9. The third-order valence-electron chi connectivity index (χ3n) is 5.24. The van der Waals surface area contributed by atoms with Gasteiger partial charge in [0, 0.05) is 25.6 Å². The molecule has 1 fully saturated rings. The van der Waals surface area contributed by atoms with Crippen LogP contribution in [0.5, 0.6) is 5.75 Å². The minimum absolute atomic E-state index is 0. The molecule has 0 unspecified atom stereocenters. The molecule has 0 heterocycles. The summed E-state index contributed by atoms with van der Waals surface area (Å²) < 4.78 is 23.6. The lowest BCUT2D eigenvalue weighted by atomic mass is 9.96. The number of methoxy groups -OCH3 is 2. The highest BCUT2D eigenvalue weighted by molar-refractivity contribution is 14.0. The number of benzene rings is 2. The summed E-state index contributed by atoms with van der Waals surface area (Å²) in [6.45, 7) is 1.15. The predicted molar refractivity (Wildman–Crippen MR) is 125 cm³/mol. The SMILES string of the molecule is CN=C(NCc1ccc(OC)c(C(=O)OC)c1)NCC1(c2cccc(F)c2)CC1.I. The van der Waals surface area contributed by atoms with Gasteiger partial charge in [-0.1, -0.05) is 18.2 Å². The monoisotopic (exact) mass is 527 g/mol. The van der Waals surface area contributed by atoms with Gasteiger partial charge in [0.1, 0.15) is 17.1 Å². The summed E-state index contributed by atoms with van der Waals surface area (Å²) in [5.41, 5.74) is 2.23. The molecule has 2 aromatic rings. The van der Waals surface area contributed by atoms with E-state index in [1.165, 1.54) is 20.3 Å². The molecule has 0 bridgehead atoms. The highest BCUT2D eigenvalue weighted by atomic mass is 127. The molecule has 2 N–H and O–H groups in total. The summed E-state index contributed by atoms with van der Waals surface area (Å²) in [6, 6.07) is 12.1. The number of guanidine groups is 1. The molecular formula is C22H27FIN3O3. The van der Waals surface area contributed by atoms with Gasteiger partial charge in [0.2, 0.25) is 0 Å². The Balaban J connectivity index is 0.00000320. The van der Waals surface area contributed by atoms with E-state index in [0.717, 1.165) is 24.0 Å². The van der Waals surface area contributed by atoms with Gasteiger partial charge in [-0.15, -0.1) is 24.0 Å². The molecule has 8 heteroatoms. The Morgan fingerprint density at radius 2 is 1.93 bits per heavy atom. The molecule has 0 atom stereocenters. The Morgan fingerprint density at radius 3 is 2.53 bits per heavy atom. The Bertz CT molecular complexity index is 916. The molecule has 0 spiro atoms. The highest BCUT2D eigenvalue weighted by Crippen LogP contribution is 2.47. The van der Waals surface area contributed by atoms with E-state index < -0.39 is 5.97 Å². The molecule has 0 aromatic heterocycles. The molecule has 2 aromatic carbocycles. The van der Waals surface area contributed by atoms with E-state index in [9.17, 15) is 9.18 Å². The number of hydrogen-bond donors (Lipinski definition) is 2. The Hall–Kier alpha value is -2.36. The first-order valence-electron chi connectivity index (χ1n) is 9.47. The van der Waals surface area contributed by atoms with Crippen molar-refractivity contribution in [2.75, 3.05) is 27.8 Å². The van der Waals surface area contributed by atoms with Gasteiger partial charge in [-0.05, 0) is 48.2 Å². The van der Waals surface area contributed by atoms with Crippen molar-refractivity contribution in [2.45, 2.75) is 24.8 Å². The molecule has 0 amide bonds. The van der Waals surface area contributed by atoms with E-state index in [0.29, 0.717) is 30.4 Å². The maximum Gasteiger partial charge on any atom is 0.341 e. The van der Waals surface area contributed by atoms with Crippen molar-refractivity contribution in [2.24, 2.45) is 4.99 Å². The zero-order valence-electron chi connectivity index (χ0n) is 17.3. The highest BCUT2D eigenvalue weighted by Gasteiger charge is 2.44. The van der Waals surface area contributed by atoms with Crippen molar-refractivity contribution in [3.05, 3.63) is 65.0 Å². The first kappa shape index (κ1) is 23.9. The van der Waals surface area contributed by atoms with Gasteiger partial charge in [0.15, 0.2) is 5.96 Å². The summed E-state index contributed by atoms with van der Waals surface area (Å²) in [6.07, 6.45) is 2.03. The lowest BCUT2D eigenvalue weighted by molar-refractivity contribution is 0.0597. The predicted octanol–water partition coefficient (Wildman–Crippen LogP) is 3.64. The van der Waals surface area contributed by atoms with Gasteiger partial charge in [-0.25, -0.2) is 9.18 Å². The third-order valence-corrected chi connectivity index (χ3v) is 5.24. The minimum atomic E-state index is -0.447. The van der Waals surface area contributed by atoms with Crippen LogP contribution in [0, 0.1) is 5.82 Å². The van der Waals surface area contributed by atoms with Crippen LogP contribution in [0.4, 0.5) is 4.39 Å². The first-order valence-corrected chi connectivity index (χ1v) is 9.47. The molecular weight excluding hydrogens is 500 g/mol. The van der Waals surface area contributed by atoms with Crippen LogP contribution in [-0.2, 0) is 16.7 Å². The summed E-state index contributed by atoms with van der Waals surface area (Å²) >= 11 is 0. The fourth-order valence-electron chi connectivity index (χ4n) is 3.33. The molecule has 3 rings (SSSR count). The molecule has 30 heavy (non-hydrogen) atoms. The summed E-state index contributed by atoms with van der Waals surface area (Å²) in [7, 11) is 4.55. The Kier molecular flexibility index (Phi) is 8.45. The average molecular weight is 527 g/mol. The van der Waals surface area contributed by atoms with Crippen molar-refractivity contribution < 1.29 is 18.7 Å². The van der Waals surface area contributed by atoms with Gasteiger partial charge < -0.3 is 20.1 Å². The van der Waals surface area contributed by atoms with Gasteiger partial charge in [0.25, 0.3) is 0 Å². The van der Waals surface area contributed by atoms with Crippen LogP contribution >= 0.6 is 24.0 Å². The zero-order valence-corrected chi connectivity index (χ0v) is 19.7. The van der Waals surface area contributed by atoms with Crippen LogP contribution in [-0.4, -0.2) is 39.7 Å². The van der Waals surface area contributed by atoms with Crippen LogP contribution in [0.3, 0.4) is 0 Å². The Morgan fingerprint density at radius 1 is 1.17 bits per heavy atom. The maximum absolute atomic E-state index is 13.6. The third kappa shape index (κ3) is 5.62. The second-order valence-corrected chi connectivity index (χ2v) is 7.10. The minimum Gasteiger partial charge on any atom is -0.496 e. The van der Waals surface area contributed by atoms with Crippen LogP contribution in [0.25, 0.3) is 0 Å². The molecule has 0 aliphatic heterocycles. The largest absolute Gasteiger partial charge is 0.496 e. The summed E-state index contributed by atoms with van der Waals surface area (Å²) in [4.78, 5) is 16.2. The second-order valence-electron chi connectivity index (χ2n) is 7.10. The van der Waals surface area contributed by atoms with Gasteiger partial charge in [-0.3, -0.25) is 4.99 Å². The number of halogens is 2. The quantitative estimate of drug-likeness (QED) is 0.249. The van der Waals surface area contributed by atoms with Crippen LogP contribution < -0.4 is 15.4 Å². The van der Waals surface area contributed by atoms with E-state index in [1.54, 1.807) is 31.3 Å².